The minimum atomic E-state index is 0.437. The molecule has 2 fully saturated rings. The summed E-state index contributed by atoms with van der Waals surface area (Å²) in [6, 6.07) is 0. The van der Waals surface area contributed by atoms with Crippen LogP contribution in [0.4, 0.5) is 0 Å². The van der Waals surface area contributed by atoms with Crippen LogP contribution in [0.25, 0.3) is 0 Å². The number of hydrogen-bond donors (Lipinski definition) is 2. The van der Waals surface area contributed by atoms with Gasteiger partial charge in [0.25, 0.3) is 0 Å². The molecule has 0 bridgehead atoms. The monoisotopic (exact) mass is 295 g/mol. The van der Waals surface area contributed by atoms with Crippen molar-refractivity contribution >= 4 is 5.96 Å². The van der Waals surface area contributed by atoms with Gasteiger partial charge in [0.1, 0.15) is 0 Å². The fraction of sp³-hybridized carbons (Fsp3) is 0.941. The molecular weight excluding hydrogens is 262 g/mol. The normalized spacial score (nSPS) is 23.1. The fourth-order valence-electron chi connectivity index (χ4n) is 3.61. The van der Waals surface area contributed by atoms with E-state index in [1.807, 2.05) is 7.05 Å². The van der Waals surface area contributed by atoms with Crippen LogP contribution in [-0.4, -0.2) is 39.8 Å². The molecule has 2 N–H and O–H groups in total. The van der Waals surface area contributed by atoms with Gasteiger partial charge in [-0.2, -0.15) is 0 Å². The van der Waals surface area contributed by atoms with Crippen LogP contribution in [-0.2, 0) is 4.74 Å². The van der Waals surface area contributed by atoms with Crippen molar-refractivity contribution in [2.45, 2.75) is 58.3 Å². The molecule has 4 nitrogen and oxygen atoms in total. The molecule has 0 aliphatic heterocycles. The van der Waals surface area contributed by atoms with Crippen molar-refractivity contribution in [2.24, 2.45) is 15.8 Å². The summed E-state index contributed by atoms with van der Waals surface area (Å²) in [4.78, 5) is 4.39. The van der Waals surface area contributed by atoms with Crippen LogP contribution >= 0.6 is 0 Å². The van der Waals surface area contributed by atoms with Crippen LogP contribution in [0.1, 0.15) is 58.3 Å². The third kappa shape index (κ3) is 4.12. The predicted octanol–water partition coefficient (Wildman–Crippen LogP) is 2.94. The SMILES string of the molecule is CCC1(CNC(=NC)NCC2(CCOC)CCC2)CCC1. The molecule has 2 rings (SSSR count). The van der Waals surface area contributed by atoms with E-state index in [2.05, 4.69) is 22.5 Å². The number of nitrogens with zero attached hydrogens (tertiary/aromatic N) is 1. The first-order valence-corrected chi connectivity index (χ1v) is 8.61. The quantitative estimate of drug-likeness (QED) is 0.534. The van der Waals surface area contributed by atoms with Gasteiger partial charge < -0.3 is 15.4 Å². The average Bonchev–Trinajstić information content (AvgIpc) is 2.42. The molecule has 0 heterocycles. The molecule has 122 valence electrons. The highest BCUT2D eigenvalue weighted by Crippen LogP contribution is 2.44. The molecule has 0 radical (unpaired) electrons. The van der Waals surface area contributed by atoms with Crippen molar-refractivity contribution in [3.05, 3.63) is 0 Å². The van der Waals surface area contributed by atoms with Gasteiger partial charge in [0.2, 0.25) is 0 Å². The topological polar surface area (TPSA) is 45.7 Å². The maximum absolute atomic E-state index is 5.26. The van der Waals surface area contributed by atoms with Crippen LogP contribution in [0.2, 0.25) is 0 Å². The molecule has 0 amide bonds. The zero-order chi connectivity index (χ0) is 15.2. The molecule has 4 heteroatoms. The molecule has 0 atom stereocenters. The van der Waals surface area contributed by atoms with Gasteiger partial charge in [0.05, 0.1) is 0 Å². The third-order valence-corrected chi connectivity index (χ3v) is 5.90. The average molecular weight is 295 g/mol. The highest BCUT2D eigenvalue weighted by Gasteiger charge is 2.37. The van der Waals surface area contributed by atoms with Crippen molar-refractivity contribution in [1.29, 1.82) is 0 Å². The Balaban J connectivity index is 1.74. The summed E-state index contributed by atoms with van der Waals surface area (Å²) in [5.74, 6) is 0.971. The van der Waals surface area contributed by atoms with E-state index in [0.29, 0.717) is 10.8 Å². The molecular formula is C17H33N3O. The van der Waals surface area contributed by atoms with Gasteiger partial charge in [-0.15, -0.1) is 0 Å². The standard InChI is InChI=1S/C17H33N3O/c1-4-16(7-5-8-16)13-19-15(18-2)20-14-17(9-6-10-17)11-12-21-3/h4-14H2,1-3H3,(H2,18,19,20). The largest absolute Gasteiger partial charge is 0.385 e. The number of rotatable bonds is 8. The second kappa shape index (κ2) is 7.48. The van der Waals surface area contributed by atoms with Crippen LogP contribution in [0, 0.1) is 10.8 Å². The molecule has 0 aromatic rings. The van der Waals surface area contributed by atoms with Crippen molar-refractivity contribution in [3.8, 4) is 0 Å². The minimum absolute atomic E-state index is 0.437. The van der Waals surface area contributed by atoms with E-state index in [4.69, 9.17) is 4.74 Å². The number of aliphatic imine (C=N–C) groups is 1. The number of methoxy groups -OCH3 is 1. The van der Waals surface area contributed by atoms with Gasteiger partial charge in [-0.05, 0) is 49.4 Å². The van der Waals surface area contributed by atoms with Crippen molar-refractivity contribution in [2.75, 3.05) is 33.9 Å². The lowest BCUT2D eigenvalue weighted by atomic mass is 9.66. The molecule has 21 heavy (non-hydrogen) atoms. The number of ether oxygens (including phenoxy) is 1. The van der Waals surface area contributed by atoms with E-state index >= 15 is 0 Å². The summed E-state index contributed by atoms with van der Waals surface area (Å²) in [6.45, 7) is 5.27. The lowest BCUT2D eigenvalue weighted by Gasteiger charge is -2.43. The Morgan fingerprint density at radius 1 is 1.05 bits per heavy atom. The summed E-state index contributed by atoms with van der Waals surface area (Å²) in [6.07, 6.45) is 10.5. The van der Waals surface area contributed by atoms with Gasteiger partial charge in [0, 0.05) is 33.9 Å². The van der Waals surface area contributed by atoms with Crippen LogP contribution in [0.3, 0.4) is 0 Å². The molecule has 2 saturated carbocycles. The van der Waals surface area contributed by atoms with Crippen molar-refractivity contribution < 1.29 is 4.74 Å². The lowest BCUT2D eigenvalue weighted by molar-refractivity contribution is 0.0730. The van der Waals surface area contributed by atoms with Crippen LogP contribution < -0.4 is 10.6 Å². The highest BCUT2D eigenvalue weighted by atomic mass is 16.5. The first-order chi connectivity index (χ1) is 10.2. The molecule has 0 aromatic heterocycles. The Labute approximate surface area is 130 Å². The van der Waals surface area contributed by atoms with E-state index in [1.54, 1.807) is 7.11 Å². The van der Waals surface area contributed by atoms with Crippen molar-refractivity contribution in [1.82, 2.24) is 10.6 Å². The van der Waals surface area contributed by atoms with E-state index < -0.39 is 0 Å². The van der Waals surface area contributed by atoms with Gasteiger partial charge in [0.15, 0.2) is 5.96 Å². The van der Waals surface area contributed by atoms with Gasteiger partial charge >= 0.3 is 0 Å². The molecule has 0 spiro atoms. The number of guanidine groups is 1. The molecule has 0 saturated heterocycles. The molecule has 0 unspecified atom stereocenters. The zero-order valence-corrected chi connectivity index (χ0v) is 14.1. The van der Waals surface area contributed by atoms with E-state index in [-0.39, 0.29) is 0 Å². The van der Waals surface area contributed by atoms with Crippen LogP contribution in [0.5, 0.6) is 0 Å². The maximum atomic E-state index is 5.26. The van der Waals surface area contributed by atoms with E-state index in [0.717, 1.165) is 32.1 Å². The summed E-state index contributed by atoms with van der Waals surface area (Å²) >= 11 is 0. The summed E-state index contributed by atoms with van der Waals surface area (Å²) in [5, 5.41) is 7.10. The molecule has 2 aliphatic carbocycles. The van der Waals surface area contributed by atoms with E-state index in [1.165, 1.54) is 44.9 Å². The fourth-order valence-corrected chi connectivity index (χ4v) is 3.61. The maximum Gasteiger partial charge on any atom is 0.191 e. The Morgan fingerprint density at radius 2 is 1.62 bits per heavy atom. The summed E-state index contributed by atoms with van der Waals surface area (Å²) in [7, 11) is 3.67. The summed E-state index contributed by atoms with van der Waals surface area (Å²) in [5.41, 5.74) is 0.967. The number of hydrogen-bond acceptors (Lipinski definition) is 2. The minimum Gasteiger partial charge on any atom is -0.385 e. The molecule has 0 aromatic carbocycles. The van der Waals surface area contributed by atoms with Gasteiger partial charge in [-0.1, -0.05) is 19.8 Å². The predicted molar refractivity (Wildman–Crippen MR) is 88.7 cm³/mol. The second-order valence-corrected chi connectivity index (χ2v) is 7.08. The Hall–Kier alpha value is -0.770. The Kier molecular flexibility index (Phi) is 5.91. The Bertz CT molecular complexity index is 340. The first kappa shape index (κ1) is 16.6. The Morgan fingerprint density at radius 3 is 2.00 bits per heavy atom. The third-order valence-electron chi connectivity index (χ3n) is 5.90. The van der Waals surface area contributed by atoms with Gasteiger partial charge in [-0.3, -0.25) is 4.99 Å². The second-order valence-electron chi connectivity index (χ2n) is 7.08. The highest BCUT2D eigenvalue weighted by molar-refractivity contribution is 5.79. The van der Waals surface area contributed by atoms with Crippen LogP contribution in [0.15, 0.2) is 4.99 Å². The van der Waals surface area contributed by atoms with E-state index in [9.17, 15) is 0 Å². The first-order valence-electron chi connectivity index (χ1n) is 8.61. The smallest absolute Gasteiger partial charge is 0.191 e. The van der Waals surface area contributed by atoms with Crippen molar-refractivity contribution in [3.63, 3.8) is 0 Å². The lowest BCUT2D eigenvalue weighted by Crippen LogP contribution is -2.50. The van der Waals surface area contributed by atoms with Gasteiger partial charge in [-0.25, -0.2) is 0 Å². The zero-order valence-electron chi connectivity index (χ0n) is 14.1. The number of nitrogens with one attached hydrogen (secondary N) is 2. The molecule has 2 aliphatic rings. The summed E-state index contributed by atoms with van der Waals surface area (Å²) < 4.78 is 5.26.